The molecule has 1 heterocycles. The van der Waals surface area contributed by atoms with E-state index in [1.807, 2.05) is 24.3 Å². The highest BCUT2D eigenvalue weighted by Gasteiger charge is 2.23. The molecule has 4 rings (SSSR count). The average molecular weight is 392 g/mol. The molecule has 7 heteroatoms. The second-order valence-electron chi connectivity index (χ2n) is 6.44. The van der Waals surface area contributed by atoms with Crippen LogP contribution in [0.2, 0.25) is 0 Å². The Morgan fingerprint density at radius 2 is 1.75 bits per heavy atom. The summed E-state index contributed by atoms with van der Waals surface area (Å²) in [7, 11) is 3.23. The summed E-state index contributed by atoms with van der Waals surface area (Å²) >= 11 is 4.99. The van der Waals surface area contributed by atoms with Crippen LogP contribution in [0.5, 0.6) is 11.5 Å². The molecule has 0 amide bonds. The number of methoxy groups -OCH3 is 2. The Kier molecular flexibility index (Phi) is 4.83. The summed E-state index contributed by atoms with van der Waals surface area (Å²) in [5.41, 5.74) is 11.8. The smallest absolute Gasteiger partial charge is 0.230 e. The van der Waals surface area contributed by atoms with E-state index in [0.717, 1.165) is 40.9 Å². The molecule has 0 unspecified atom stereocenters. The van der Waals surface area contributed by atoms with E-state index in [2.05, 4.69) is 23.5 Å². The number of fused-ring (bicyclic) bond motifs is 3. The Labute approximate surface area is 168 Å². The molecule has 1 aliphatic carbocycles. The molecule has 3 N–H and O–H groups in total. The van der Waals surface area contributed by atoms with E-state index in [1.165, 1.54) is 5.56 Å². The zero-order valence-corrected chi connectivity index (χ0v) is 16.5. The first-order valence-corrected chi connectivity index (χ1v) is 9.29. The Hall–Kier alpha value is -3.19. The van der Waals surface area contributed by atoms with E-state index < -0.39 is 0 Å². The fourth-order valence-corrected chi connectivity index (χ4v) is 3.65. The number of thiocarbonyl (C=S) groups is 1. The molecule has 0 saturated heterocycles. The van der Waals surface area contributed by atoms with Gasteiger partial charge in [0.15, 0.2) is 16.6 Å². The molecule has 0 saturated carbocycles. The minimum atomic E-state index is 0.127. The second kappa shape index (κ2) is 7.44. The molecule has 1 aliphatic rings. The van der Waals surface area contributed by atoms with E-state index >= 15 is 0 Å². The van der Waals surface area contributed by atoms with Gasteiger partial charge < -0.3 is 20.5 Å². The molecule has 0 radical (unpaired) electrons. The van der Waals surface area contributed by atoms with Crippen LogP contribution in [0.4, 0.5) is 5.95 Å². The number of hydrogen-bond donors (Lipinski definition) is 2. The van der Waals surface area contributed by atoms with Gasteiger partial charge in [0, 0.05) is 16.7 Å². The summed E-state index contributed by atoms with van der Waals surface area (Å²) in [6, 6.07) is 14.1. The van der Waals surface area contributed by atoms with Crippen LogP contribution >= 0.6 is 12.2 Å². The van der Waals surface area contributed by atoms with Gasteiger partial charge in [-0.1, -0.05) is 24.3 Å². The molecule has 0 bridgehead atoms. The number of ether oxygens (including phenoxy) is 2. The van der Waals surface area contributed by atoms with Gasteiger partial charge in [0.1, 0.15) is 0 Å². The summed E-state index contributed by atoms with van der Waals surface area (Å²) in [4.78, 5) is 9.43. The number of nitrogens with one attached hydrogen (secondary N) is 1. The number of anilines is 1. The molecule has 3 aromatic rings. The van der Waals surface area contributed by atoms with Crippen molar-refractivity contribution in [1.29, 1.82) is 0 Å². The summed E-state index contributed by atoms with van der Waals surface area (Å²) < 4.78 is 10.8. The highest BCUT2D eigenvalue weighted by atomic mass is 32.1. The number of aromatic nitrogens is 2. The van der Waals surface area contributed by atoms with Crippen molar-refractivity contribution >= 4 is 23.3 Å². The van der Waals surface area contributed by atoms with Gasteiger partial charge in [0.2, 0.25) is 5.95 Å². The van der Waals surface area contributed by atoms with Gasteiger partial charge in [-0.05, 0) is 48.8 Å². The van der Waals surface area contributed by atoms with Crippen molar-refractivity contribution in [2.75, 3.05) is 19.5 Å². The van der Waals surface area contributed by atoms with E-state index in [0.29, 0.717) is 17.4 Å². The van der Waals surface area contributed by atoms with Crippen molar-refractivity contribution in [1.82, 2.24) is 9.97 Å². The van der Waals surface area contributed by atoms with Gasteiger partial charge in [0.05, 0.1) is 25.6 Å². The van der Waals surface area contributed by atoms with Crippen molar-refractivity contribution in [2.45, 2.75) is 12.8 Å². The molecule has 0 atom stereocenters. The zero-order chi connectivity index (χ0) is 19.7. The normalized spacial score (nSPS) is 11.9. The monoisotopic (exact) mass is 392 g/mol. The molecule has 0 spiro atoms. The molecule has 6 nitrogen and oxygen atoms in total. The summed E-state index contributed by atoms with van der Waals surface area (Å²) in [6.07, 6.45) is 1.79. The van der Waals surface area contributed by atoms with Crippen LogP contribution in [-0.4, -0.2) is 29.3 Å². The molecule has 0 aliphatic heterocycles. The quantitative estimate of drug-likeness (QED) is 0.657. The van der Waals surface area contributed by atoms with Gasteiger partial charge in [-0.15, -0.1) is 0 Å². The molecule has 2 aromatic carbocycles. The minimum Gasteiger partial charge on any atom is -0.493 e. The first-order valence-electron chi connectivity index (χ1n) is 8.88. The number of benzene rings is 2. The maximum absolute atomic E-state index is 5.67. The van der Waals surface area contributed by atoms with Gasteiger partial charge in [-0.25, -0.2) is 9.97 Å². The third-order valence-electron chi connectivity index (χ3n) is 4.82. The molecule has 1 aromatic heterocycles. The summed E-state index contributed by atoms with van der Waals surface area (Å²) in [5.74, 6) is 1.70. The first kappa shape index (κ1) is 18.2. The predicted octanol–water partition coefficient (Wildman–Crippen LogP) is 3.58. The third-order valence-corrected chi connectivity index (χ3v) is 4.92. The van der Waals surface area contributed by atoms with Crippen molar-refractivity contribution in [3.8, 4) is 34.0 Å². The molecule has 28 heavy (non-hydrogen) atoms. The summed E-state index contributed by atoms with van der Waals surface area (Å²) in [6.45, 7) is 0. The van der Waals surface area contributed by atoms with E-state index in [1.54, 1.807) is 14.2 Å². The van der Waals surface area contributed by atoms with Crippen LogP contribution in [-0.2, 0) is 12.8 Å². The van der Waals surface area contributed by atoms with Crippen LogP contribution in [0.1, 0.15) is 11.1 Å². The summed E-state index contributed by atoms with van der Waals surface area (Å²) in [5, 5.41) is 3.01. The first-order chi connectivity index (χ1) is 13.6. The van der Waals surface area contributed by atoms with Gasteiger partial charge in [0.25, 0.3) is 0 Å². The number of nitrogens with two attached hydrogens (primary N) is 1. The third kappa shape index (κ3) is 3.25. The van der Waals surface area contributed by atoms with Crippen LogP contribution in [0.3, 0.4) is 0 Å². The lowest BCUT2D eigenvalue weighted by Crippen LogP contribution is -2.22. The Morgan fingerprint density at radius 1 is 1.00 bits per heavy atom. The SMILES string of the molecule is COc1ccc(-c2nc(NC(N)=S)nc3c2CCc2ccccc2-3)cc1OC. The average Bonchev–Trinajstić information content (AvgIpc) is 2.72. The fraction of sp³-hybridized carbons (Fsp3) is 0.190. The van der Waals surface area contributed by atoms with Crippen LogP contribution in [0, 0.1) is 0 Å². The number of rotatable bonds is 4. The predicted molar refractivity (Wildman–Crippen MR) is 114 cm³/mol. The zero-order valence-electron chi connectivity index (χ0n) is 15.7. The lowest BCUT2D eigenvalue weighted by atomic mass is 9.87. The number of hydrogen-bond acceptors (Lipinski definition) is 5. The number of nitrogens with zero attached hydrogens (tertiary/aromatic N) is 2. The van der Waals surface area contributed by atoms with Gasteiger partial charge in [-0.3, -0.25) is 0 Å². The van der Waals surface area contributed by atoms with Crippen molar-refractivity contribution in [3.63, 3.8) is 0 Å². The van der Waals surface area contributed by atoms with Gasteiger partial charge >= 0.3 is 0 Å². The van der Waals surface area contributed by atoms with E-state index in [-0.39, 0.29) is 5.11 Å². The van der Waals surface area contributed by atoms with Crippen molar-refractivity contribution in [2.24, 2.45) is 5.73 Å². The molecule has 142 valence electrons. The molecular formula is C21H20N4O2S. The highest BCUT2D eigenvalue weighted by molar-refractivity contribution is 7.80. The van der Waals surface area contributed by atoms with E-state index in [9.17, 15) is 0 Å². The Balaban J connectivity index is 1.94. The molecule has 0 fully saturated rings. The van der Waals surface area contributed by atoms with Crippen molar-refractivity contribution in [3.05, 3.63) is 53.6 Å². The Bertz CT molecular complexity index is 1070. The van der Waals surface area contributed by atoms with Crippen LogP contribution in [0.15, 0.2) is 42.5 Å². The standard InChI is InChI=1S/C21H20N4O2S/c1-26-16-10-8-13(11-17(16)27-2)18-15-9-7-12-5-3-4-6-14(12)19(15)24-21(23-18)25-20(22)28/h3-6,8,10-11H,7,9H2,1-2H3,(H3,22,23,24,25,28). The second-order valence-corrected chi connectivity index (χ2v) is 6.88. The lowest BCUT2D eigenvalue weighted by molar-refractivity contribution is 0.355. The van der Waals surface area contributed by atoms with E-state index in [4.69, 9.17) is 37.4 Å². The lowest BCUT2D eigenvalue weighted by Gasteiger charge is -2.22. The minimum absolute atomic E-state index is 0.127. The molecular weight excluding hydrogens is 372 g/mol. The van der Waals surface area contributed by atoms with Crippen LogP contribution in [0.25, 0.3) is 22.5 Å². The highest BCUT2D eigenvalue weighted by Crippen LogP contribution is 2.39. The largest absolute Gasteiger partial charge is 0.493 e. The maximum atomic E-state index is 5.67. The maximum Gasteiger partial charge on any atom is 0.230 e. The van der Waals surface area contributed by atoms with Crippen LogP contribution < -0.4 is 20.5 Å². The van der Waals surface area contributed by atoms with Gasteiger partial charge in [-0.2, -0.15) is 0 Å². The fourth-order valence-electron chi connectivity index (χ4n) is 3.56. The topological polar surface area (TPSA) is 82.3 Å². The Morgan fingerprint density at radius 3 is 2.50 bits per heavy atom. The number of aryl methyl sites for hydroxylation is 1. The van der Waals surface area contributed by atoms with Crippen molar-refractivity contribution < 1.29 is 9.47 Å².